The molecule has 1 saturated heterocycles. The number of anilines is 1. The van der Waals surface area contributed by atoms with Crippen LogP contribution in [0, 0.1) is 10.1 Å². The predicted molar refractivity (Wildman–Crippen MR) is 88.3 cm³/mol. The molecule has 1 N–H and O–H groups in total. The van der Waals surface area contributed by atoms with Gasteiger partial charge in [0, 0.05) is 43.0 Å². The second kappa shape index (κ2) is 7.09. The second-order valence-corrected chi connectivity index (χ2v) is 6.56. The molecule has 1 heterocycles. The molecule has 0 aromatic heterocycles. The maximum atomic E-state index is 10.7. The van der Waals surface area contributed by atoms with E-state index in [9.17, 15) is 10.1 Å². The Kier molecular flexibility index (Phi) is 4.93. The van der Waals surface area contributed by atoms with Gasteiger partial charge in [-0.3, -0.25) is 10.1 Å². The molecule has 1 unspecified atom stereocenters. The average Bonchev–Trinajstić information content (AvgIpc) is 2.56. The molecule has 5 nitrogen and oxygen atoms in total. The Hall–Kier alpha value is -1.62. The predicted octanol–water partition coefficient (Wildman–Crippen LogP) is 3.49. The van der Waals surface area contributed by atoms with Crippen LogP contribution in [0.3, 0.4) is 0 Å². The molecule has 1 aromatic carbocycles. The SMILES string of the molecule is O=[N+]([O-])c1ccc(N2CCCC(NC3CCCCC3)C2)cc1. The lowest BCUT2D eigenvalue weighted by Gasteiger charge is -2.37. The number of hydrogen-bond acceptors (Lipinski definition) is 4. The van der Waals surface area contributed by atoms with Crippen molar-refractivity contribution in [3.8, 4) is 0 Å². The van der Waals surface area contributed by atoms with Gasteiger partial charge in [-0.15, -0.1) is 0 Å². The minimum Gasteiger partial charge on any atom is -0.370 e. The number of nitro groups is 1. The lowest BCUT2D eigenvalue weighted by molar-refractivity contribution is -0.384. The van der Waals surface area contributed by atoms with Crippen LogP contribution in [-0.4, -0.2) is 30.1 Å². The second-order valence-electron chi connectivity index (χ2n) is 6.56. The maximum absolute atomic E-state index is 10.7. The summed E-state index contributed by atoms with van der Waals surface area (Å²) in [5.41, 5.74) is 1.26. The van der Waals surface area contributed by atoms with Crippen molar-refractivity contribution < 1.29 is 4.92 Å². The number of non-ortho nitro benzene ring substituents is 1. The van der Waals surface area contributed by atoms with Crippen molar-refractivity contribution in [2.24, 2.45) is 0 Å². The lowest BCUT2D eigenvalue weighted by Crippen LogP contribution is -2.49. The van der Waals surface area contributed by atoms with E-state index in [1.54, 1.807) is 12.1 Å². The highest BCUT2D eigenvalue weighted by molar-refractivity contribution is 5.51. The maximum Gasteiger partial charge on any atom is 0.269 e. The normalized spacial score (nSPS) is 23.5. The molecule has 3 rings (SSSR count). The first-order valence-corrected chi connectivity index (χ1v) is 8.48. The van der Waals surface area contributed by atoms with E-state index in [0.717, 1.165) is 18.8 Å². The van der Waals surface area contributed by atoms with Gasteiger partial charge >= 0.3 is 0 Å². The highest BCUT2D eigenvalue weighted by Gasteiger charge is 2.23. The van der Waals surface area contributed by atoms with Gasteiger partial charge in [0.15, 0.2) is 0 Å². The van der Waals surface area contributed by atoms with Gasteiger partial charge in [0.25, 0.3) is 5.69 Å². The van der Waals surface area contributed by atoms with Crippen molar-refractivity contribution in [1.82, 2.24) is 5.32 Å². The van der Waals surface area contributed by atoms with E-state index in [1.165, 1.54) is 44.9 Å². The Bertz CT molecular complexity index is 497. The van der Waals surface area contributed by atoms with Gasteiger partial charge in [0.05, 0.1) is 4.92 Å². The van der Waals surface area contributed by atoms with Gasteiger partial charge in [-0.25, -0.2) is 0 Å². The quantitative estimate of drug-likeness (QED) is 0.683. The lowest BCUT2D eigenvalue weighted by atomic mass is 9.93. The Morgan fingerprint density at radius 3 is 2.36 bits per heavy atom. The van der Waals surface area contributed by atoms with Gasteiger partial charge in [0.2, 0.25) is 0 Å². The Balaban J connectivity index is 1.58. The Morgan fingerprint density at radius 2 is 1.68 bits per heavy atom. The van der Waals surface area contributed by atoms with E-state index in [2.05, 4.69) is 10.2 Å². The van der Waals surface area contributed by atoms with Crippen LogP contribution >= 0.6 is 0 Å². The summed E-state index contributed by atoms with van der Waals surface area (Å²) in [7, 11) is 0. The van der Waals surface area contributed by atoms with Crippen LogP contribution in [0.5, 0.6) is 0 Å². The number of nitrogens with one attached hydrogen (secondary N) is 1. The fourth-order valence-corrected chi connectivity index (χ4v) is 3.74. The van der Waals surface area contributed by atoms with E-state index >= 15 is 0 Å². The summed E-state index contributed by atoms with van der Waals surface area (Å²) < 4.78 is 0. The fourth-order valence-electron chi connectivity index (χ4n) is 3.74. The molecule has 22 heavy (non-hydrogen) atoms. The molecule has 2 aliphatic rings. The first-order chi connectivity index (χ1) is 10.7. The molecule has 0 radical (unpaired) electrons. The van der Waals surface area contributed by atoms with E-state index in [1.807, 2.05) is 12.1 Å². The smallest absolute Gasteiger partial charge is 0.269 e. The zero-order valence-corrected chi connectivity index (χ0v) is 13.0. The van der Waals surface area contributed by atoms with Crippen LogP contribution in [0.1, 0.15) is 44.9 Å². The zero-order chi connectivity index (χ0) is 15.4. The fraction of sp³-hybridized carbons (Fsp3) is 0.647. The first-order valence-electron chi connectivity index (χ1n) is 8.48. The third-order valence-corrected chi connectivity index (χ3v) is 4.92. The Labute approximate surface area is 131 Å². The van der Waals surface area contributed by atoms with Crippen LogP contribution in [-0.2, 0) is 0 Å². The molecule has 1 aliphatic heterocycles. The molecule has 0 amide bonds. The summed E-state index contributed by atoms with van der Waals surface area (Å²) in [6, 6.07) is 8.20. The van der Waals surface area contributed by atoms with Gasteiger partial charge in [-0.1, -0.05) is 19.3 Å². The van der Waals surface area contributed by atoms with Gasteiger partial charge in [-0.05, 0) is 37.8 Å². The molecule has 1 saturated carbocycles. The number of nitrogens with zero attached hydrogens (tertiary/aromatic N) is 2. The van der Waals surface area contributed by atoms with Crippen LogP contribution < -0.4 is 10.2 Å². The molecular weight excluding hydrogens is 278 g/mol. The molecule has 5 heteroatoms. The summed E-state index contributed by atoms with van der Waals surface area (Å²) in [5, 5.41) is 14.6. The monoisotopic (exact) mass is 303 g/mol. The molecule has 2 fully saturated rings. The third-order valence-electron chi connectivity index (χ3n) is 4.92. The summed E-state index contributed by atoms with van der Waals surface area (Å²) >= 11 is 0. The molecular formula is C17H25N3O2. The molecule has 0 spiro atoms. The van der Waals surface area contributed by atoms with Crippen molar-refractivity contribution in [1.29, 1.82) is 0 Å². The third kappa shape index (κ3) is 3.77. The van der Waals surface area contributed by atoms with Gasteiger partial charge in [-0.2, -0.15) is 0 Å². The van der Waals surface area contributed by atoms with Gasteiger partial charge < -0.3 is 10.2 Å². The summed E-state index contributed by atoms with van der Waals surface area (Å²) in [5.74, 6) is 0. The van der Waals surface area contributed by atoms with Crippen LogP contribution in [0.25, 0.3) is 0 Å². The number of nitro benzene ring substituents is 1. The van der Waals surface area contributed by atoms with E-state index < -0.39 is 0 Å². The van der Waals surface area contributed by atoms with E-state index in [4.69, 9.17) is 0 Å². The zero-order valence-electron chi connectivity index (χ0n) is 13.0. The van der Waals surface area contributed by atoms with Gasteiger partial charge in [0.1, 0.15) is 0 Å². The highest BCUT2D eigenvalue weighted by atomic mass is 16.6. The summed E-state index contributed by atoms with van der Waals surface area (Å²) in [6.45, 7) is 2.05. The summed E-state index contributed by atoms with van der Waals surface area (Å²) in [6.07, 6.45) is 9.15. The van der Waals surface area contributed by atoms with Crippen molar-refractivity contribution in [3.05, 3.63) is 34.4 Å². The minimum atomic E-state index is -0.340. The van der Waals surface area contributed by atoms with Crippen LogP contribution in [0.4, 0.5) is 11.4 Å². The van der Waals surface area contributed by atoms with Crippen LogP contribution in [0.15, 0.2) is 24.3 Å². The van der Waals surface area contributed by atoms with E-state index in [-0.39, 0.29) is 10.6 Å². The number of benzene rings is 1. The topological polar surface area (TPSA) is 58.4 Å². The Morgan fingerprint density at radius 1 is 1.00 bits per heavy atom. The molecule has 120 valence electrons. The van der Waals surface area contributed by atoms with Crippen molar-refractivity contribution in [2.45, 2.75) is 57.0 Å². The van der Waals surface area contributed by atoms with Crippen molar-refractivity contribution >= 4 is 11.4 Å². The first kappa shape index (κ1) is 15.3. The van der Waals surface area contributed by atoms with Crippen molar-refractivity contribution in [2.75, 3.05) is 18.0 Å². The number of piperidine rings is 1. The molecule has 0 bridgehead atoms. The largest absolute Gasteiger partial charge is 0.370 e. The number of hydrogen-bond donors (Lipinski definition) is 1. The van der Waals surface area contributed by atoms with Crippen molar-refractivity contribution in [3.63, 3.8) is 0 Å². The highest BCUT2D eigenvalue weighted by Crippen LogP contribution is 2.24. The molecule has 1 aromatic rings. The van der Waals surface area contributed by atoms with E-state index in [0.29, 0.717) is 12.1 Å². The average molecular weight is 303 g/mol. The van der Waals surface area contributed by atoms with Crippen LogP contribution in [0.2, 0.25) is 0 Å². The minimum absolute atomic E-state index is 0.164. The molecule has 1 atom stereocenters. The summed E-state index contributed by atoms with van der Waals surface area (Å²) in [4.78, 5) is 12.8. The molecule has 1 aliphatic carbocycles. The standard InChI is InChI=1S/C17H25N3O2/c21-20(22)17-10-8-16(9-11-17)19-12-4-7-15(13-19)18-14-5-2-1-3-6-14/h8-11,14-15,18H,1-7,12-13H2. The number of rotatable bonds is 4.